The van der Waals surface area contributed by atoms with E-state index in [0.717, 1.165) is 11.3 Å². The molecule has 0 unspecified atom stereocenters. The fourth-order valence-corrected chi connectivity index (χ4v) is 2.96. The number of amides is 1. The third kappa shape index (κ3) is 3.58. The molecule has 4 nitrogen and oxygen atoms in total. The first-order valence-electron chi connectivity index (χ1n) is 6.74. The zero-order valence-corrected chi connectivity index (χ0v) is 13.1. The van der Waals surface area contributed by atoms with Gasteiger partial charge in [-0.05, 0) is 25.5 Å². The minimum absolute atomic E-state index is 0.0312. The molecule has 1 aromatic heterocycles. The van der Waals surface area contributed by atoms with E-state index in [2.05, 4.69) is 10.3 Å². The number of nitrogens with zero attached hydrogens (tertiary/aromatic N) is 2. The fraction of sp³-hybridized carbons (Fsp3) is 0.333. The molecule has 21 heavy (non-hydrogen) atoms. The number of benzene rings is 1. The minimum Gasteiger partial charge on any atom is -0.377 e. The second kappa shape index (κ2) is 6.67. The summed E-state index contributed by atoms with van der Waals surface area (Å²) in [6.07, 6.45) is 0. The van der Waals surface area contributed by atoms with E-state index >= 15 is 0 Å². The number of hydrogen-bond acceptors (Lipinski definition) is 4. The van der Waals surface area contributed by atoms with Crippen molar-refractivity contribution >= 4 is 28.1 Å². The number of aryl methyl sites for hydroxylation is 1. The molecule has 0 aliphatic carbocycles. The maximum atomic E-state index is 13.7. The van der Waals surface area contributed by atoms with Crippen molar-refractivity contribution in [2.24, 2.45) is 0 Å². The van der Waals surface area contributed by atoms with Crippen molar-refractivity contribution in [2.45, 2.75) is 27.3 Å². The van der Waals surface area contributed by atoms with Gasteiger partial charge in [0.15, 0.2) is 5.13 Å². The number of rotatable bonds is 5. The molecule has 1 amide bonds. The minimum atomic E-state index is -0.274. The Hall–Kier alpha value is -1.95. The quantitative estimate of drug-likeness (QED) is 0.918. The van der Waals surface area contributed by atoms with Crippen LogP contribution in [0.5, 0.6) is 0 Å². The number of carbonyl (C=O) groups is 1. The number of nitrogens with one attached hydrogen (secondary N) is 1. The van der Waals surface area contributed by atoms with Gasteiger partial charge in [0.25, 0.3) is 0 Å². The largest absolute Gasteiger partial charge is 0.377 e. The maximum Gasteiger partial charge on any atom is 0.225 e. The van der Waals surface area contributed by atoms with E-state index in [1.165, 1.54) is 24.3 Å². The van der Waals surface area contributed by atoms with E-state index in [9.17, 15) is 9.18 Å². The van der Waals surface area contributed by atoms with Gasteiger partial charge in [-0.2, -0.15) is 0 Å². The average Bonchev–Trinajstić information content (AvgIpc) is 2.87. The molecule has 1 aromatic carbocycles. The van der Waals surface area contributed by atoms with Crippen LogP contribution >= 0.6 is 11.3 Å². The first-order chi connectivity index (χ1) is 10.0. The van der Waals surface area contributed by atoms with Crippen LogP contribution in [0.4, 0.5) is 15.2 Å². The van der Waals surface area contributed by atoms with E-state index in [0.29, 0.717) is 23.9 Å². The highest BCUT2D eigenvalue weighted by Gasteiger charge is 2.13. The lowest BCUT2D eigenvalue weighted by molar-refractivity contribution is -0.116. The molecule has 0 bridgehead atoms. The van der Waals surface area contributed by atoms with Crippen LogP contribution in [0, 0.1) is 12.7 Å². The summed E-state index contributed by atoms with van der Waals surface area (Å²) in [4.78, 5) is 17.5. The number of hydrogen-bond donors (Lipinski definition) is 1. The molecule has 0 radical (unpaired) electrons. The summed E-state index contributed by atoms with van der Waals surface area (Å²) in [5, 5.41) is 5.62. The summed E-state index contributed by atoms with van der Waals surface area (Å²) >= 11 is 1.41. The summed E-state index contributed by atoms with van der Waals surface area (Å²) in [5.74, 6) is -0.305. The molecule has 0 fully saturated rings. The molecule has 0 aliphatic heterocycles. The molecule has 0 aliphatic rings. The first-order valence-corrected chi connectivity index (χ1v) is 7.62. The highest BCUT2D eigenvalue weighted by Crippen LogP contribution is 2.23. The van der Waals surface area contributed by atoms with Crippen LogP contribution in [0.15, 0.2) is 23.6 Å². The standard InChI is InChI=1S/C15H18FN3OS/c1-4-19(11(3)20)15-18-12(9-21-15)8-17-14-10(2)6-5-7-13(14)16/h5-7,9,17H,4,8H2,1-3H3. The van der Waals surface area contributed by atoms with Gasteiger partial charge < -0.3 is 5.32 Å². The summed E-state index contributed by atoms with van der Waals surface area (Å²) in [7, 11) is 0. The number of anilines is 2. The summed E-state index contributed by atoms with van der Waals surface area (Å²) in [5.41, 5.74) is 2.13. The molecule has 2 rings (SSSR count). The molecule has 1 heterocycles. The van der Waals surface area contributed by atoms with Crippen molar-refractivity contribution in [1.29, 1.82) is 0 Å². The number of halogens is 1. The number of aromatic nitrogens is 1. The van der Waals surface area contributed by atoms with Crippen LogP contribution in [0.3, 0.4) is 0 Å². The zero-order valence-electron chi connectivity index (χ0n) is 12.3. The Morgan fingerprint density at radius 2 is 2.24 bits per heavy atom. The van der Waals surface area contributed by atoms with Gasteiger partial charge in [-0.25, -0.2) is 9.37 Å². The predicted octanol–water partition coefficient (Wildman–Crippen LogP) is 3.58. The third-order valence-electron chi connectivity index (χ3n) is 3.14. The lowest BCUT2D eigenvalue weighted by Crippen LogP contribution is -2.27. The Bertz CT molecular complexity index is 621. The Kier molecular flexibility index (Phi) is 4.90. The van der Waals surface area contributed by atoms with E-state index in [1.54, 1.807) is 11.0 Å². The van der Waals surface area contributed by atoms with Gasteiger partial charge >= 0.3 is 0 Å². The summed E-state index contributed by atoms with van der Waals surface area (Å²) < 4.78 is 13.7. The third-order valence-corrected chi connectivity index (χ3v) is 4.05. The normalized spacial score (nSPS) is 10.5. The Labute approximate surface area is 127 Å². The second-order valence-corrected chi connectivity index (χ2v) is 5.51. The van der Waals surface area contributed by atoms with Crippen molar-refractivity contribution in [3.8, 4) is 0 Å². The van der Waals surface area contributed by atoms with E-state index in [1.807, 2.05) is 25.3 Å². The van der Waals surface area contributed by atoms with Gasteiger partial charge in [-0.3, -0.25) is 9.69 Å². The van der Waals surface area contributed by atoms with E-state index in [-0.39, 0.29) is 11.7 Å². The summed E-state index contributed by atoms with van der Waals surface area (Å²) in [6.45, 7) is 6.29. The van der Waals surface area contributed by atoms with Crippen molar-refractivity contribution < 1.29 is 9.18 Å². The molecule has 1 N–H and O–H groups in total. The van der Waals surface area contributed by atoms with Crippen molar-refractivity contribution in [1.82, 2.24) is 4.98 Å². The topological polar surface area (TPSA) is 45.2 Å². The lowest BCUT2D eigenvalue weighted by Gasteiger charge is -2.14. The smallest absolute Gasteiger partial charge is 0.225 e. The Morgan fingerprint density at radius 3 is 2.86 bits per heavy atom. The van der Waals surface area contributed by atoms with Gasteiger partial charge in [-0.1, -0.05) is 12.1 Å². The molecule has 6 heteroatoms. The molecule has 0 saturated heterocycles. The Balaban J connectivity index is 2.08. The molecular weight excluding hydrogens is 289 g/mol. The van der Waals surface area contributed by atoms with E-state index < -0.39 is 0 Å². The van der Waals surface area contributed by atoms with Gasteiger partial charge in [0.1, 0.15) is 5.82 Å². The zero-order chi connectivity index (χ0) is 15.4. The van der Waals surface area contributed by atoms with Crippen molar-refractivity contribution in [3.63, 3.8) is 0 Å². The van der Waals surface area contributed by atoms with Crippen LogP contribution in [-0.4, -0.2) is 17.4 Å². The van der Waals surface area contributed by atoms with Crippen LogP contribution in [0.1, 0.15) is 25.1 Å². The SMILES string of the molecule is CCN(C(C)=O)c1nc(CNc2c(C)cccc2F)cs1. The first kappa shape index (κ1) is 15.4. The highest BCUT2D eigenvalue weighted by atomic mass is 32.1. The second-order valence-electron chi connectivity index (χ2n) is 4.67. The molecule has 2 aromatic rings. The van der Waals surface area contributed by atoms with Gasteiger partial charge in [0.05, 0.1) is 17.9 Å². The fourth-order valence-electron chi connectivity index (χ4n) is 2.03. The average molecular weight is 307 g/mol. The number of thiazole rings is 1. The van der Waals surface area contributed by atoms with Crippen molar-refractivity contribution in [2.75, 3.05) is 16.8 Å². The monoisotopic (exact) mass is 307 g/mol. The number of para-hydroxylation sites is 1. The Morgan fingerprint density at radius 1 is 1.48 bits per heavy atom. The molecule has 0 spiro atoms. The van der Waals surface area contributed by atoms with Gasteiger partial charge in [-0.15, -0.1) is 11.3 Å². The van der Waals surface area contributed by atoms with Crippen LogP contribution < -0.4 is 10.2 Å². The molecule has 0 saturated carbocycles. The van der Waals surface area contributed by atoms with Gasteiger partial charge in [0, 0.05) is 18.8 Å². The lowest BCUT2D eigenvalue weighted by atomic mass is 10.2. The molecule has 112 valence electrons. The van der Waals surface area contributed by atoms with E-state index in [4.69, 9.17) is 0 Å². The van der Waals surface area contributed by atoms with Gasteiger partial charge in [0.2, 0.25) is 5.91 Å². The van der Waals surface area contributed by atoms with Crippen LogP contribution in [-0.2, 0) is 11.3 Å². The van der Waals surface area contributed by atoms with Crippen molar-refractivity contribution in [3.05, 3.63) is 40.7 Å². The summed E-state index contributed by atoms with van der Waals surface area (Å²) in [6, 6.07) is 4.96. The molecule has 0 atom stereocenters. The maximum absolute atomic E-state index is 13.7. The molecular formula is C15H18FN3OS. The number of carbonyl (C=O) groups excluding carboxylic acids is 1. The highest BCUT2D eigenvalue weighted by molar-refractivity contribution is 7.14. The van der Waals surface area contributed by atoms with Crippen LogP contribution in [0.2, 0.25) is 0 Å². The predicted molar refractivity (Wildman–Crippen MR) is 84.3 cm³/mol. The van der Waals surface area contributed by atoms with Crippen LogP contribution in [0.25, 0.3) is 0 Å².